The largest absolute Gasteiger partial charge is 0.474 e. The molecule has 1 atom stereocenters. The van der Waals surface area contributed by atoms with Gasteiger partial charge in [0.1, 0.15) is 0 Å². The van der Waals surface area contributed by atoms with Gasteiger partial charge in [-0.05, 0) is 26.0 Å². The fourth-order valence-corrected chi connectivity index (χ4v) is 0.790. The first-order valence-corrected chi connectivity index (χ1v) is 2.94. The Morgan fingerprint density at radius 1 is 1.67 bits per heavy atom. The van der Waals surface area contributed by atoms with Crippen LogP contribution >= 0.6 is 0 Å². The zero-order valence-electron chi connectivity index (χ0n) is 5.72. The van der Waals surface area contributed by atoms with E-state index in [1.165, 1.54) is 0 Å². The van der Waals surface area contributed by atoms with Crippen LogP contribution in [0.25, 0.3) is 0 Å². The van der Waals surface area contributed by atoms with Crippen molar-refractivity contribution in [1.82, 2.24) is 0 Å². The van der Waals surface area contributed by atoms with Gasteiger partial charge < -0.3 is 4.74 Å². The number of rotatable bonds is 0. The van der Waals surface area contributed by atoms with E-state index in [2.05, 4.69) is 0 Å². The van der Waals surface area contributed by atoms with Crippen molar-refractivity contribution in [3.05, 3.63) is 24.0 Å². The predicted octanol–water partition coefficient (Wildman–Crippen LogP) is 1.15. The molecule has 2 heteroatoms. The summed E-state index contributed by atoms with van der Waals surface area (Å²) in [7, 11) is 0. The van der Waals surface area contributed by atoms with Crippen LogP contribution in [-0.4, -0.2) is 5.72 Å². The molecule has 1 aliphatic rings. The third kappa shape index (κ3) is 1.57. The number of hydrogen-bond donors (Lipinski definition) is 1. The summed E-state index contributed by atoms with van der Waals surface area (Å²) in [6.07, 6.45) is 5.60. The van der Waals surface area contributed by atoms with Crippen LogP contribution in [-0.2, 0) is 4.74 Å². The Hall–Kier alpha value is -0.760. The van der Waals surface area contributed by atoms with Crippen molar-refractivity contribution in [1.29, 1.82) is 0 Å². The fraction of sp³-hybridized carbons (Fsp3) is 0.429. The average molecular weight is 125 g/mol. The molecule has 1 unspecified atom stereocenters. The third-order valence-corrected chi connectivity index (χ3v) is 1.14. The highest BCUT2D eigenvalue weighted by Gasteiger charge is 2.17. The van der Waals surface area contributed by atoms with Crippen molar-refractivity contribution in [3.8, 4) is 0 Å². The van der Waals surface area contributed by atoms with Gasteiger partial charge in [-0.3, -0.25) is 5.73 Å². The summed E-state index contributed by atoms with van der Waals surface area (Å²) in [6.45, 7) is 3.70. The summed E-state index contributed by atoms with van der Waals surface area (Å²) >= 11 is 0. The van der Waals surface area contributed by atoms with Gasteiger partial charge in [-0.1, -0.05) is 6.08 Å². The van der Waals surface area contributed by atoms with Crippen molar-refractivity contribution >= 4 is 0 Å². The number of nitrogens with two attached hydrogens (primary N) is 1. The molecule has 2 nitrogen and oxygen atoms in total. The minimum Gasteiger partial charge on any atom is -0.474 e. The molecule has 0 aromatic heterocycles. The van der Waals surface area contributed by atoms with Crippen LogP contribution < -0.4 is 5.73 Å². The average Bonchev–Trinajstić information content (AvgIpc) is 1.60. The Morgan fingerprint density at radius 2 is 2.33 bits per heavy atom. The lowest BCUT2D eigenvalue weighted by atomic mass is 10.2. The van der Waals surface area contributed by atoms with Crippen molar-refractivity contribution < 1.29 is 4.74 Å². The van der Waals surface area contributed by atoms with Crippen LogP contribution in [0.1, 0.15) is 13.8 Å². The first-order chi connectivity index (χ1) is 4.10. The maximum absolute atomic E-state index is 5.62. The van der Waals surface area contributed by atoms with Crippen molar-refractivity contribution in [3.63, 3.8) is 0 Å². The molecule has 0 aromatic rings. The molecule has 1 rings (SSSR count). The second kappa shape index (κ2) is 1.88. The Balaban J connectivity index is 2.73. The molecule has 50 valence electrons. The smallest absolute Gasteiger partial charge is 0.174 e. The van der Waals surface area contributed by atoms with E-state index in [4.69, 9.17) is 10.5 Å². The Bertz CT molecular complexity index is 168. The summed E-state index contributed by atoms with van der Waals surface area (Å²) in [5, 5.41) is 0. The number of allylic oxidation sites excluding steroid dienone is 3. The summed E-state index contributed by atoms with van der Waals surface area (Å²) in [4.78, 5) is 0. The minimum atomic E-state index is -0.598. The van der Waals surface area contributed by atoms with Gasteiger partial charge in [-0.2, -0.15) is 0 Å². The molecule has 0 aromatic carbocycles. The van der Waals surface area contributed by atoms with Gasteiger partial charge in [0.05, 0.1) is 5.76 Å². The van der Waals surface area contributed by atoms with Gasteiger partial charge >= 0.3 is 0 Å². The highest BCUT2D eigenvalue weighted by atomic mass is 16.5. The van der Waals surface area contributed by atoms with Crippen LogP contribution in [0.2, 0.25) is 0 Å². The van der Waals surface area contributed by atoms with Crippen LogP contribution in [0.15, 0.2) is 24.0 Å². The molecule has 0 saturated carbocycles. The second-order valence-electron chi connectivity index (χ2n) is 2.42. The van der Waals surface area contributed by atoms with Crippen LogP contribution in [0.4, 0.5) is 0 Å². The first kappa shape index (κ1) is 6.36. The molecular weight excluding hydrogens is 114 g/mol. The Labute approximate surface area is 55.0 Å². The first-order valence-electron chi connectivity index (χ1n) is 2.94. The quantitative estimate of drug-likeness (QED) is 0.527. The highest BCUT2D eigenvalue weighted by molar-refractivity contribution is 5.15. The molecular formula is C7H11NO. The summed E-state index contributed by atoms with van der Waals surface area (Å²) in [5.74, 6) is 0.863. The molecule has 1 heterocycles. The maximum Gasteiger partial charge on any atom is 0.174 e. The molecule has 0 spiro atoms. The van der Waals surface area contributed by atoms with E-state index in [0.717, 1.165) is 5.76 Å². The Morgan fingerprint density at radius 3 is 2.67 bits per heavy atom. The van der Waals surface area contributed by atoms with Crippen LogP contribution in [0.5, 0.6) is 0 Å². The zero-order chi connectivity index (χ0) is 6.91. The third-order valence-electron chi connectivity index (χ3n) is 1.14. The van der Waals surface area contributed by atoms with Gasteiger partial charge in [0, 0.05) is 0 Å². The molecule has 0 amide bonds. The SMILES string of the molecule is CC1=CC=CC(C)(N)O1. The maximum atomic E-state index is 5.62. The standard InChI is InChI=1S/C7H11NO/c1-6-4-3-5-7(2,8)9-6/h3-5H,8H2,1-2H3. The topological polar surface area (TPSA) is 35.2 Å². The van der Waals surface area contributed by atoms with E-state index < -0.39 is 5.72 Å². The molecule has 0 fully saturated rings. The lowest BCUT2D eigenvalue weighted by Gasteiger charge is -2.25. The minimum absolute atomic E-state index is 0.598. The van der Waals surface area contributed by atoms with Gasteiger partial charge in [0.25, 0.3) is 0 Å². The van der Waals surface area contributed by atoms with Gasteiger partial charge in [-0.25, -0.2) is 0 Å². The highest BCUT2D eigenvalue weighted by Crippen LogP contribution is 2.14. The van der Waals surface area contributed by atoms with E-state index in [1.54, 1.807) is 0 Å². The van der Waals surface area contributed by atoms with E-state index in [1.807, 2.05) is 32.1 Å². The predicted molar refractivity (Wildman–Crippen MR) is 36.6 cm³/mol. The number of ether oxygens (including phenoxy) is 1. The van der Waals surface area contributed by atoms with Gasteiger partial charge in [0.15, 0.2) is 5.72 Å². The van der Waals surface area contributed by atoms with Crippen LogP contribution in [0, 0.1) is 0 Å². The summed E-state index contributed by atoms with van der Waals surface area (Å²) in [5.41, 5.74) is 5.02. The molecule has 2 N–H and O–H groups in total. The van der Waals surface area contributed by atoms with E-state index in [-0.39, 0.29) is 0 Å². The molecule has 0 aliphatic carbocycles. The lowest BCUT2D eigenvalue weighted by molar-refractivity contribution is 0.0652. The van der Waals surface area contributed by atoms with Gasteiger partial charge in [-0.15, -0.1) is 0 Å². The van der Waals surface area contributed by atoms with E-state index in [9.17, 15) is 0 Å². The number of hydrogen-bond acceptors (Lipinski definition) is 2. The van der Waals surface area contributed by atoms with Crippen molar-refractivity contribution in [2.75, 3.05) is 0 Å². The van der Waals surface area contributed by atoms with Crippen molar-refractivity contribution in [2.24, 2.45) is 5.73 Å². The van der Waals surface area contributed by atoms with Gasteiger partial charge in [0.2, 0.25) is 0 Å². The molecule has 1 aliphatic heterocycles. The van der Waals surface area contributed by atoms with Crippen molar-refractivity contribution in [2.45, 2.75) is 19.6 Å². The second-order valence-corrected chi connectivity index (χ2v) is 2.42. The van der Waals surface area contributed by atoms with E-state index >= 15 is 0 Å². The molecule has 0 bridgehead atoms. The lowest BCUT2D eigenvalue weighted by Crippen LogP contribution is -2.37. The molecule has 9 heavy (non-hydrogen) atoms. The monoisotopic (exact) mass is 125 g/mol. The summed E-state index contributed by atoms with van der Waals surface area (Å²) in [6, 6.07) is 0. The van der Waals surface area contributed by atoms with E-state index in [0.29, 0.717) is 0 Å². The summed E-state index contributed by atoms with van der Waals surface area (Å²) < 4.78 is 5.23. The van der Waals surface area contributed by atoms with Crippen LogP contribution in [0.3, 0.4) is 0 Å². The normalized spacial score (nSPS) is 33.4. The Kier molecular flexibility index (Phi) is 1.33. The molecule has 0 radical (unpaired) electrons. The fourth-order valence-electron chi connectivity index (χ4n) is 0.790. The molecule has 0 saturated heterocycles. The zero-order valence-corrected chi connectivity index (χ0v) is 5.72.